The van der Waals surface area contributed by atoms with Crippen LogP contribution >= 0.6 is 11.3 Å². The minimum atomic E-state index is -5.03. The molecule has 0 fully saturated rings. The first-order chi connectivity index (χ1) is 15.3. The number of para-hydroxylation sites is 2. The number of alkyl halides is 3. The van der Waals surface area contributed by atoms with Gasteiger partial charge in [-0.25, -0.2) is 4.79 Å². The highest BCUT2D eigenvalue weighted by atomic mass is 32.1. The molecule has 6 nitrogen and oxygen atoms in total. The summed E-state index contributed by atoms with van der Waals surface area (Å²) in [5.41, 5.74) is -1.45. The molecule has 0 aliphatic rings. The minimum absolute atomic E-state index is 0.0782. The summed E-state index contributed by atoms with van der Waals surface area (Å²) in [6.45, 7) is 0. The lowest BCUT2D eigenvalue weighted by Crippen LogP contribution is -2.16. The second-order valence-electron chi connectivity index (χ2n) is 6.36. The van der Waals surface area contributed by atoms with E-state index in [1.165, 1.54) is 43.5 Å². The Bertz CT molecular complexity index is 1340. The number of fused-ring (bicyclic) bond motifs is 1. The molecule has 0 saturated heterocycles. The minimum Gasteiger partial charge on any atom is -0.493 e. The van der Waals surface area contributed by atoms with Gasteiger partial charge in [-0.3, -0.25) is 4.79 Å². The average Bonchev–Trinajstić information content (AvgIpc) is 3.30. The molecule has 0 saturated carbocycles. The van der Waals surface area contributed by atoms with Crippen LogP contribution in [0, 0.1) is 0 Å². The van der Waals surface area contributed by atoms with Crippen LogP contribution in [-0.4, -0.2) is 13.1 Å². The summed E-state index contributed by atoms with van der Waals surface area (Å²) in [5, 5.41) is 1.49. The van der Waals surface area contributed by atoms with Crippen LogP contribution in [0.4, 0.5) is 13.2 Å². The van der Waals surface area contributed by atoms with Gasteiger partial charge in [0.2, 0.25) is 11.2 Å². The Kier molecular flexibility index (Phi) is 5.62. The maximum atomic E-state index is 13.7. The van der Waals surface area contributed by atoms with Crippen LogP contribution < -0.4 is 19.6 Å². The van der Waals surface area contributed by atoms with Gasteiger partial charge in [-0.05, 0) is 35.7 Å². The largest absolute Gasteiger partial charge is 0.493 e. The molecule has 10 heteroatoms. The molecule has 0 unspecified atom stereocenters. The van der Waals surface area contributed by atoms with Gasteiger partial charge in [0.05, 0.1) is 12.5 Å². The van der Waals surface area contributed by atoms with Gasteiger partial charge in [0.1, 0.15) is 16.2 Å². The Hall–Kier alpha value is -3.79. The van der Waals surface area contributed by atoms with Crippen molar-refractivity contribution in [3.8, 4) is 23.0 Å². The third-order valence-corrected chi connectivity index (χ3v) is 5.14. The first-order valence-corrected chi connectivity index (χ1v) is 9.90. The lowest BCUT2D eigenvalue weighted by atomic mass is 10.2. The lowest BCUT2D eigenvalue weighted by molar-refractivity contribution is -0.154. The Morgan fingerprint density at radius 2 is 1.78 bits per heavy atom. The van der Waals surface area contributed by atoms with Crippen LogP contribution in [0.15, 0.2) is 69.2 Å². The summed E-state index contributed by atoms with van der Waals surface area (Å²) in [6.07, 6.45) is -5.03. The number of ether oxygens (including phenoxy) is 3. The van der Waals surface area contributed by atoms with Gasteiger partial charge in [-0.2, -0.15) is 13.2 Å². The summed E-state index contributed by atoms with van der Waals surface area (Å²) in [6, 6.07) is 12.7. The first-order valence-electron chi connectivity index (χ1n) is 9.02. The van der Waals surface area contributed by atoms with E-state index in [9.17, 15) is 22.8 Å². The lowest BCUT2D eigenvalue weighted by Gasteiger charge is -2.15. The number of carbonyl (C=O) groups is 1. The van der Waals surface area contributed by atoms with Crippen LogP contribution in [0.2, 0.25) is 0 Å². The van der Waals surface area contributed by atoms with Crippen molar-refractivity contribution in [2.24, 2.45) is 0 Å². The molecular weight excluding hydrogens is 449 g/mol. The summed E-state index contributed by atoms with van der Waals surface area (Å²) in [5.74, 6) is -3.37. The summed E-state index contributed by atoms with van der Waals surface area (Å²) in [4.78, 5) is 25.3. The van der Waals surface area contributed by atoms with E-state index in [0.29, 0.717) is 4.88 Å². The van der Waals surface area contributed by atoms with Crippen molar-refractivity contribution in [3.05, 3.63) is 80.8 Å². The summed E-state index contributed by atoms with van der Waals surface area (Å²) >= 11 is 1.14. The first kappa shape index (κ1) is 21.4. The van der Waals surface area contributed by atoms with E-state index in [0.717, 1.165) is 17.4 Å². The predicted octanol–water partition coefficient (Wildman–Crippen LogP) is 5.89. The quantitative estimate of drug-likeness (QED) is 0.272. The van der Waals surface area contributed by atoms with E-state index in [1.807, 2.05) is 0 Å². The normalized spacial score (nSPS) is 11.4. The van der Waals surface area contributed by atoms with Gasteiger partial charge in [-0.1, -0.05) is 18.2 Å². The summed E-state index contributed by atoms with van der Waals surface area (Å²) in [7, 11) is 1.31. The van der Waals surface area contributed by atoms with Crippen molar-refractivity contribution >= 4 is 28.3 Å². The van der Waals surface area contributed by atoms with E-state index < -0.39 is 34.7 Å². The van der Waals surface area contributed by atoms with Gasteiger partial charge in [0.25, 0.3) is 5.76 Å². The van der Waals surface area contributed by atoms with E-state index in [1.54, 1.807) is 17.5 Å². The van der Waals surface area contributed by atoms with Gasteiger partial charge in [0, 0.05) is 6.07 Å². The van der Waals surface area contributed by atoms with Crippen molar-refractivity contribution in [1.82, 2.24) is 0 Å². The number of rotatable bonds is 5. The van der Waals surface area contributed by atoms with Gasteiger partial charge in [0.15, 0.2) is 11.5 Å². The molecular formula is C22H13F3O6S. The molecule has 4 rings (SSSR count). The van der Waals surface area contributed by atoms with Crippen molar-refractivity contribution in [2.75, 3.05) is 7.11 Å². The third kappa shape index (κ3) is 4.17. The highest BCUT2D eigenvalue weighted by Gasteiger charge is 2.40. The molecule has 0 bridgehead atoms. The Morgan fingerprint density at radius 3 is 2.44 bits per heavy atom. The fourth-order valence-corrected chi connectivity index (χ4v) is 3.46. The van der Waals surface area contributed by atoms with Crippen LogP contribution in [0.3, 0.4) is 0 Å². The molecule has 164 valence electrons. The standard InChI is InChI=1S/C22H13F3O6S/c1-28-14-5-2-3-6-15(14)30-19-18(26)13-9-8-12(29-21(27)17-7-4-10-32-17)11-16(13)31-20(19)22(23,24)25/h2-11H,1H3. The van der Waals surface area contributed by atoms with Gasteiger partial charge >= 0.3 is 12.1 Å². The molecule has 0 radical (unpaired) electrons. The highest BCUT2D eigenvalue weighted by molar-refractivity contribution is 7.12. The van der Waals surface area contributed by atoms with E-state index >= 15 is 0 Å². The molecule has 0 spiro atoms. The monoisotopic (exact) mass is 462 g/mol. The summed E-state index contributed by atoms with van der Waals surface area (Å²) < 4.78 is 61.7. The van der Waals surface area contributed by atoms with E-state index in [2.05, 4.69) is 0 Å². The predicted molar refractivity (Wildman–Crippen MR) is 110 cm³/mol. The smallest absolute Gasteiger partial charge is 0.453 e. The van der Waals surface area contributed by atoms with Crippen molar-refractivity contribution in [2.45, 2.75) is 6.18 Å². The maximum Gasteiger partial charge on any atom is 0.453 e. The Balaban J connectivity index is 1.80. The molecule has 2 aromatic carbocycles. The Morgan fingerprint density at radius 1 is 1.03 bits per heavy atom. The maximum absolute atomic E-state index is 13.7. The van der Waals surface area contributed by atoms with Gasteiger partial charge in [-0.15, -0.1) is 11.3 Å². The zero-order valence-electron chi connectivity index (χ0n) is 16.3. The number of methoxy groups -OCH3 is 1. The molecule has 0 amide bonds. The molecule has 0 N–H and O–H groups in total. The number of benzene rings is 2. The van der Waals surface area contributed by atoms with E-state index in [4.69, 9.17) is 18.6 Å². The van der Waals surface area contributed by atoms with Crippen LogP contribution in [0.1, 0.15) is 15.4 Å². The molecule has 0 aliphatic heterocycles. The number of halogens is 3. The van der Waals surface area contributed by atoms with E-state index in [-0.39, 0.29) is 22.6 Å². The third-order valence-electron chi connectivity index (χ3n) is 4.29. The van der Waals surface area contributed by atoms with Crippen LogP contribution in [-0.2, 0) is 6.18 Å². The second kappa shape index (κ2) is 8.39. The number of esters is 1. The topological polar surface area (TPSA) is 75.0 Å². The zero-order chi connectivity index (χ0) is 22.9. The number of hydrogen-bond donors (Lipinski definition) is 0. The molecule has 2 aromatic heterocycles. The number of thiophene rings is 1. The molecule has 4 aromatic rings. The number of carbonyl (C=O) groups excluding carboxylic acids is 1. The molecule has 0 aliphatic carbocycles. The fraction of sp³-hybridized carbons (Fsp3) is 0.0909. The average molecular weight is 462 g/mol. The van der Waals surface area contributed by atoms with Gasteiger partial charge < -0.3 is 18.6 Å². The van der Waals surface area contributed by atoms with Crippen LogP contribution in [0.25, 0.3) is 11.0 Å². The Labute approximate surface area is 182 Å². The molecule has 0 atom stereocenters. The number of hydrogen-bond acceptors (Lipinski definition) is 7. The molecule has 2 heterocycles. The van der Waals surface area contributed by atoms with Crippen LogP contribution in [0.5, 0.6) is 23.0 Å². The van der Waals surface area contributed by atoms with Crippen molar-refractivity contribution < 1.29 is 36.6 Å². The second-order valence-corrected chi connectivity index (χ2v) is 7.31. The van der Waals surface area contributed by atoms with Crippen molar-refractivity contribution in [3.63, 3.8) is 0 Å². The SMILES string of the molecule is COc1ccccc1Oc1c(C(F)(F)F)oc2cc(OC(=O)c3cccs3)ccc2c1=O. The fourth-order valence-electron chi connectivity index (χ4n) is 2.86. The zero-order valence-corrected chi connectivity index (χ0v) is 17.1. The van der Waals surface area contributed by atoms with Crippen molar-refractivity contribution in [1.29, 1.82) is 0 Å². The molecule has 32 heavy (non-hydrogen) atoms. The highest BCUT2D eigenvalue weighted by Crippen LogP contribution is 2.40.